The third-order valence-electron chi connectivity index (χ3n) is 5.53. The Morgan fingerprint density at radius 1 is 0.944 bits per heavy atom. The van der Waals surface area contributed by atoms with Gasteiger partial charge in [0.25, 0.3) is 0 Å². The largest absolute Gasteiger partial charge is 0.389 e. The molecule has 0 aliphatic rings. The molecule has 0 saturated heterocycles. The summed E-state index contributed by atoms with van der Waals surface area (Å²) in [6.07, 6.45) is 6.55. The van der Waals surface area contributed by atoms with E-state index in [1.807, 2.05) is 0 Å². The minimum atomic E-state index is -0.512. The van der Waals surface area contributed by atoms with E-state index in [0.29, 0.717) is 11.8 Å². The molecule has 0 spiro atoms. The minimum absolute atomic E-state index is 0.00634. The van der Waals surface area contributed by atoms with E-state index in [1.165, 1.54) is 6.42 Å². The van der Waals surface area contributed by atoms with Gasteiger partial charge in [-0.3, -0.25) is 0 Å². The Labute approximate surface area is 115 Å². The van der Waals surface area contributed by atoms with Gasteiger partial charge in [-0.15, -0.1) is 0 Å². The molecule has 0 radical (unpaired) electrons. The second kappa shape index (κ2) is 7.53. The van der Waals surface area contributed by atoms with Crippen molar-refractivity contribution in [1.29, 1.82) is 0 Å². The molecule has 0 aromatic carbocycles. The molecule has 18 heavy (non-hydrogen) atoms. The summed E-state index contributed by atoms with van der Waals surface area (Å²) >= 11 is 0. The molecule has 0 amide bonds. The number of rotatable bonds is 9. The molecule has 0 aromatic heterocycles. The van der Waals surface area contributed by atoms with E-state index < -0.39 is 5.60 Å². The van der Waals surface area contributed by atoms with Gasteiger partial charge in [0.2, 0.25) is 0 Å². The summed E-state index contributed by atoms with van der Waals surface area (Å²) in [6, 6.07) is 0. The van der Waals surface area contributed by atoms with Gasteiger partial charge in [0.15, 0.2) is 0 Å². The van der Waals surface area contributed by atoms with E-state index >= 15 is 0 Å². The van der Waals surface area contributed by atoms with Crippen molar-refractivity contribution in [3.8, 4) is 0 Å². The lowest BCUT2D eigenvalue weighted by Gasteiger charge is -2.51. The van der Waals surface area contributed by atoms with Crippen LogP contribution in [0.25, 0.3) is 0 Å². The van der Waals surface area contributed by atoms with Crippen molar-refractivity contribution in [2.75, 3.05) is 0 Å². The predicted molar refractivity (Wildman–Crippen MR) is 81.8 cm³/mol. The van der Waals surface area contributed by atoms with E-state index in [9.17, 15) is 5.11 Å². The first-order valence-electron chi connectivity index (χ1n) is 8.04. The summed E-state index contributed by atoms with van der Waals surface area (Å²) in [6.45, 7) is 15.7. The SMILES string of the molecule is CCCCC(O)(C(CC)CC)C(C)(C)C(C)CC. The molecule has 110 valence electrons. The first kappa shape index (κ1) is 18.0. The highest BCUT2D eigenvalue weighted by molar-refractivity contribution is 4.99. The molecule has 0 rings (SSSR count). The normalized spacial score (nSPS) is 17.8. The minimum Gasteiger partial charge on any atom is -0.389 e. The Hall–Kier alpha value is -0.0400. The van der Waals surface area contributed by atoms with Crippen LogP contribution in [0, 0.1) is 17.3 Å². The average molecular weight is 256 g/mol. The number of unbranched alkanes of at least 4 members (excludes halogenated alkanes) is 1. The van der Waals surface area contributed by atoms with E-state index in [-0.39, 0.29) is 5.41 Å². The van der Waals surface area contributed by atoms with Crippen LogP contribution in [0.1, 0.15) is 87.0 Å². The molecule has 1 nitrogen and oxygen atoms in total. The molecule has 2 atom stereocenters. The molecule has 0 aliphatic carbocycles. The highest BCUT2D eigenvalue weighted by Gasteiger charge is 2.49. The second-order valence-corrected chi connectivity index (χ2v) is 6.57. The summed E-state index contributed by atoms with van der Waals surface area (Å²) in [5, 5.41) is 11.4. The number of aliphatic hydroxyl groups is 1. The van der Waals surface area contributed by atoms with Crippen LogP contribution in [0.5, 0.6) is 0 Å². The zero-order chi connectivity index (χ0) is 14.4. The first-order chi connectivity index (χ1) is 8.31. The Morgan fingerprint density at radius 2 is 1.44 bits per heavy atom. The number of hydrogen-bond donors (Lipinski definition) is 1. The van der Waals surface area contributed by atoms with Crippen molar-refractivity contribution in [2.45, 2.75) is 92.6 Å². The lowest BCUT2D eigenvalue weighted by molar-refractivity contribution is -0.143. The fraction of sp³-hybridized carbons (Fsp3) is 1.00. The van der Waals surface area contributed by atoms with Gasteiger partial charge >= 0.3 is 0 Å². The molecule has 0 heterocycles. The maximum Gasteiger partial charge on any atom is 0.0728 e. The van der Waals surface area contributed by atoms with Crippen molar-refractivity contribution < 1.29 is 5.11 Å². The molecule has 2 unspecified atom stereocenters. The maximum absolute atomic E-state index is 11.4. The third-order valence-corrected chi connectivity index (χ3v) is 5.53. The predicted octanol–water partition coefficient (Wildman–Crippen LogP) is 5.42. The molecule has 1 N–H and O–H groups in total. The number of hydrogen-bond acceptors (Lipinski definition) is 1. The lowest BCUT2D eigenvalue weighted by Crippen LogP contribution is -2.53. The zero-order valence-corrected chi connectivity index (χ0v) is 13.8. The van der Waals surface area contributed by atoms with Crippen LogP contribution in [0.15, 0.2) is 0 Å². The summed E-state index contributed by atoms with van der Waals surface area (Å²) < 4.78 is 0. The smallest absolute Gasteiger partial charge is 0.0728 e. The van der Waals surface area contributed by atoms with Gasteiger partial charge in [0.05, 0.1) is 5.60 Å². The molecule has 0 aliphatic heterocycles. The Balaban J connectivity index is 5.29. The summed E-state index contributed by atoms with van der Waals surface area (Å²) in [5.41, 5.74) is -0.518. The van der Waals surface area contributed by atoms with Gasteiger partial charge in [-0.05, 0) is 23.7 Å². The van der Waals surface area contributed by atoms with Crippen LogP contribution in [-0.4, -0.2) is 10.7 Å². The van der Waals surface area contributed by atoms with Crippen LogP contribution < -0.4 is 0 Å². The molecular formula is C17H36O. The van der Waals surface area contributed by atoms with Gasteiger partial charge in [0, 0.05) is 0 Å². The van der Waals surface area contributed by atoms with Crippen molar-refractivity contribution in [2.24, 2.45) is 17.3 Å². The Kier molecular flexibility index (Phi) is 7.51. The van der Waals surface area contributed by atoms with Crippen LogP contribution in [-0.2, 0) is 0 Å². The standard InChI is InChI=1S/C17H36O/c1-8-12-13-17(18,15(10-3)11-4)16(6,7)14(5)9-2/h14-15,18H,8-13H2,1-7H3. The van der Waals surface area contributed by atoms with E-state index in [1.54, 1.807) is 0 Å². The molecule has 1 heteroatoms. The van der Waals surface area contributed by atoms with Crippen molar-refractivity contribution in [3.63, 3.8) is 0 Å². The van der Waals surface area contributed by atoms with E-state index in [4.69, 9.17) is 0 Å². The van der Waals surface area contributed by atoms with Crippen LogP contribution in [0.4, 0.5) is 0 Å². The van der Waals surface area contributed by atoms with Crippen molar-refractivity contribution in [1.82, 2.24) is 0 Å². The first-order valence-corrected chi connectivity index (χ1v) is 8.04. The van der Waals surface area contributed by atoms with Crippen LogP contribution >= 0.6 is 0 Å². The second-order valence-electron chi connectivity index (χ2n) is 6.57. The summed E-state index contributed by atoms with van der Waals surface area (Å²) in [7, 11) is 0. The monoisotopic (exact) mass is 256 g/mol. The molecule has 0 bridgehead atoms. The topological polar surface area (TPSA) is 20.2 Å². The maximum atomic E-state index is 11.4. The molecule has 0 aromatic rings. The van der Waals surface area contributed by atoms with Gasteiger partial charge in [-0.1, -0.05) is 80.6 Å². The Bertz CT molecular complexity index is 218. The van der Waals surface area contributed by atoms with Gasteiger partial charge in [-0.2, -0.15) is 0 Å². The van der Waals surface area contributed by atoms with Crippen molar-refractivity contribution in [3.05, 3.63) is 0 Å². The summed E-state index contributed by atoms with van der Waals surface area (Å²) in [4.78, 5) is 0. The molecule has 0 saturated carbocycles. The third kappa shape index (κ3) is 3.50. The zero-order valence-electron chi connectivity index (χ0n) is 13.8. The van der Waals surface area contributed by atoms with Gasteiger partial charge in [-0.25, -0.2) is 0 Å². The van der Waals surface area contributed by atoms with Crippen LogP contribution in [0.2, 0.25) is 0 Å². The van der Waals surface area contributed by atoms with Gasteiger partial charge < -0.3 is 5.11 Å². The lowest BCUT2D eigenvalue weighted by atomic mass is 9.58. The fourth-order valence-electron chi connectivity index (χ4n) is 3.40. The van der Waals surface area contributed by atoms with E-state index in [2.05, 4.69) is 48.5 Å². The Morgan fingerprint density at radius 3 is 1.78 bits per heavy atom. The van der Waals surface area contributed by atoms with E-state index in [0.717, 1.165) is 32.1 Å². The molecular weight excluding hydrogens is 220 g/mol. The van der Waals surface area contributed by atoms with Gasteiger partial charge in [0.1, 0.15) is 0 Å². The highest BCUT2D eigenvalue weighted by Crippen LogP contribution is 2.48. The fourth-order valence-corrected chi connectivity index (χ4v) is 3.40. The quantitative estimate of drug-likeness (QED) is 0.584. The molecule has 0 fully saturated rings. The summed E-state index contributed by atoms with van der Waals surface area (Å²) in [5.74, 6) is 0.980. The average Bonchev–Trinajstić information content (AvgIpc) is 2.36. The highest BCUT2D eigenvalue weighted by atomic mass is 16.3. The van der Waals surface area contributed by atoms with Crippen LogP contribution in [0.3, 0.4) is 0 Å². The van der Waals surface area contributed by atoms with Crippen molar-refractivity contribution >= 4 is 0 Å².